The molecule has 0 amide bonds. The average molecular weight is 335 g/mol. The second-order valence-electron chi connectivity index (χ2n) is 3.44. The van der Waals surface area contributed by atoms with Crippen molar-refractivity contribution in [2.45, 2.75) is 25.1 Å². The minimum absolute atomic E-state index is 0. The molecule has 7 heteroatoms. The molecule has 0 fully saturated rings. The zero-order chi connectivity index (χ0) is 12.3. The normalized spacial score (nSPS) is 13.0. The van der Waals surface area contributed by atoms with Gasteiger partial charge in [-0.1, -0.05) is 12.1 Å². The van der Waals surface area contributed by atoms with Gasteiger partial charge in [0.25, 0.3) is 0 Å². The molecular weight excluding hydrogens is 322 g/mol. The smallest absolute Gasteiger partial charge is 0.389 e. The summed E-state index contributed by atoms with van der Waals surface area (Å²) < 4.78 is 36.4. The van der Waals surface area contributed by atoms with Gasteiger partial charge in [-0.05, 0) is 28.4 Å². The summed E-state index contributed by atoms with van der Waals surface area (Å²) in [6.45, 7) is 0. The largest absolute Gasteiger partial charge is 0.506 e. The van der Waals surface area contributed by atoms with Gasteiger partial charge in [-0.3, -0.25) is 0 Å². The van der Waals surface area contributed by atoms with E-state index in [4.69, 9.17) is 5.73 Å². The van der Waals surface area contributed by atoms with Gasteiger partial charge in [0.1, 0.15) is 5.75 Å². The predicted octanol–water partition coefficient (Wildman–Crippen LogP) is 3.92. The van der Waals surface area contributed by atoms with E-state index < -0.39 is 18.6 Å². The van der Waals surface area contributed by atoms with E-state index in [-0.39, 0.29) is 24.6 Å². The van der Waals surface area contributed by atoms with Crippen molar-refractivity contribution in [3.63, 3.8) is 0 Å². The molecule has 98 valence electrons. The van der Waals surface area contributed by atoms with Crippen LogP contribution in [0.3, 0.4) is 0 Å². The Morgan fingerprint density at radius 2 is 1.94 bits per heavy atom. The van der Waals surface area contributed by atoms with Crippen LogP contribution < -0.4 is 5.73 Å². The van der Waals surface area contributed by atoms with Gasteiger partial charge in [0.2, 0.25) is 0 Å². The van der Waals surface area contributed by atoms with Crippen LogP contribution >= 0.6 is 28.3 Å². The molecular formula is C10H12BrClF3NO. The number of phenolic OH excluding ortho intramolecular Hbond substituents is 1. The number of hydrogen-bond acceptors (Lipinski definition) is 2. The molecule has 2 nitrogen and oxygen atoms in total. The Morgan fingerprint density at radius 1 is 1.35 bits per heavy atom. The molecule has 3 N–H and O–H groups in total. The lowest BCUT2D eigenvalue weighted by molar-refractivity contribution is -0.136. The van der Waals surface area contributed by atoms with Crippen molar-refractivity contribution in [2.24, 2.45) is 5.73 Å². The van der Waals surface area contributed by atoms with Gasteiger partial charge >= 0.3 is 6.18 Å². The standard InChI is InChI=1S/C10H11BrF3NO.ClH/c11-7-3-1-2-6(9(7)16)8(15)4-5-10(12,13)14;/h1-3,8,16H,4-5,15H2;1H/t8-;/m1./s1. The van der Waals surface area contributed by atoms with E-state index in [9.17, 15) is 18.3 Å². The second-order valence-corrected chi connectivity index (χ2v) is 4.29. The van der Waals surface area contributed by atoms with Gasteiger partial charge in [0.05, 0.1) is 4.47 Å². The highest BCUT2D eigenvalue weighted by molar-refractivity contribution is 9.10. The van der Waals surface area contributed by atoms with Crippen molar-refractivity contribution in [3.05, 3.63) is 28.2 Å². The zero-order valence-corrected chi connectivity index (χ0v) is 11.1. The number of aromatic hydroxyl groups is 1. The number of para-hydroxylation sites is 1. The van der Waals surface area contributed by atoms with Crippen LogP contribution in [0.1, 0.15) is 24.4 Å². The number of rotatable bonds is 3. The van der Waals surface area contributed by atoms with E-state index in [0.717, 1.165) is 0 Å². The summed E-state index contributed by atoms with van der Waals surface area (Å²) in [6.07, 6.45) is -5.42. The molecule has 0 spiro atoms. The second kappa shape index (κ2) is 6.47. The Balaban J connectivity index is 0.00000256. The van der Waals surface area contributed by atoms with Crippen LogP contribution in [0.4, 0.5) is 13.2 Å². The summed E-state index contributed by atoms with van der Waals surface area (Å²) in [5.41, 5.74) is 5.91. The summed E-state index contributed by atoms with van der Waals surface area (Å²) >= 11 is 3.08. The first kappa shape index (κ1) is 16.5. The quantitative estimate of drug-likeness (QED) is 0.880. The van der Waals surface area contributed by atoms with Crippen LogP contribution in [0.15, 0.2) is 22.7 Å². The molecule has 0 aliphatic heterocycles. The van der Waals surface area contributed by atoms with Crippen LogP contribution in [0.2, 0.25) is 0 Å². The molecule has 0 saturated carbocycles. The maximum absolute atomic E-state index is 12.0. The number of hydrogen-bond donors (Lipinski definition) is 2. The van der Waals surface area contributed by atoms with Crippen LogP contribution in [0.5, 0.6) is 5.75 Å². The molecule has 0 aromatic heterocycles. The first-order valence-corrected chi connectivity index (χ1v) is 5.40. The molecule has 0 unspecified atom stereocenters. The SMILES string of the molecule is Cl.N[C@H](CCC(F)(F)F)c1cccc(Br)c1O. The molecule has 0 aliphatic rings. The van der Waals surface area contributed by atoms with Gasteiger partial charge in [0, 0.05) is 18.0 Å². The number of phenols is 1. The van der Waals surface area contributed by atoms with Gasteiger partial charge < -0.3 is 10.8 Å². The van der Waals surface area contributed by atoms with E-state index in [2.05, 4.69) is 15.9 Å². The predicted molar refractivity (Wildman–Crippen MR) is 65.3 cm³/mol. The van der Waals surface area contributed by atoms with Crippen molar-refractivity contribution in [2.75, 3.05) is 0 Å². The van der Waals surface area contributed by atoms with Crippen molar-refractivity contribution in [1.82, 2.24) is 0 Å². The third kappa shape index (κ3) is 5.14. The lowest BCUT2D eigenvalue weighted by Crippen LogP contribution is -2.15. The summed E-state index contributed by atoms with van der Waals surface area (Å²) in [5.74, 6) is -0.0998. The Labute approximate surface area is 112 Å². The minimum Gasteiger partial charge on any atom is -0.506 e. The molecule has 0 heterocycles. The van der Waals surface area contributed by atoms with Crippen molar-refractivity contribution >= 4 is 28.3 Å². The molecule has 1 aromatic rings. The topological polar surface area (TPSA) is 46.2 Å². The molecule has 1 aromatic carbocycles. The summed E-state index contributed by atoms with van der Waals surface area (Å²) in [6, 6.07) is 3.90. The Morgan fingerprint density at radius 3 is 2.47 bits per heavy atom. The van der Waals surface area contributed by atoms with E-state index in [0.29, 0.717) is 10.0 Å². The molecule has 0 aliphatic carbocycles. The van der Waals surface area contributed by atoms with Gasteiger partial charge in [0.15, 0.2) is 0 Å². The number of benzene rings is 1. The molecule has 17 heavy (non-hydrogen) atoms. The molecule has 0 bridgehead atoms. The average Bonchev–Trinajstić information content (AvgIpc) is 2.17. The third-order valence-corrected chi connectivity index (χ3v) is 2.80. The monoisotopic (exact) mass is 333 g/mol. The highest BCUT2D eigenvalue weighted by Gasteiger charge is 2.28. The molecule has 1 rings (SSSR count). The first-order valence-electron chi connectivity index (χ1n) is 4.61. The van der Waals surface area contributed by atoms with Crippen molar-refractivity contribution < 1.29 is 18.3 Å². The number of halogens is 5. The van der Waals surface area contributed by atoms with Crippen LogP contribution in [-0.4, -0.2) is 11.3 Å². The van der Waals surface area contributed by atoms with Crippen molar-refractivity contribution in [3.8, 4) is 5.75 Å². The maximum Gasteiger partial charge on any atom is 0.389 e. The Kier molecular flexibility index (Phi) is 6.29. The van der Waals surface area contributed by atoms with Crippen LogP contribution in [0, 0.1) is 0 Å². The zero-order valence-electron chi connectivity index (χ0n) is 8.67. The molecule has 1 atom stereocenters. The van der Waals surface area contributed by atoms with Crippen LogP contribution in [0.25, 0.3) is 0 Å². The number of nitrogens with two attached hydrogens (primary N) is 1. The summed E-state index contributed by atoms with van der Waals surface area (Å²) in [7, 11) is 0. The van der Waals surface area contributed by atoms with Gasteiger partial charge in [-0.2, -0.15) is 13.2 Å². The van der Waals surface area contributed by atoms with Gasteiger partial charge in [-0.15, -0.1) is 12.4 Å². The van der Waals surface area contributed by atoms with E-state index in [1.54, 1.807) is 12.1 Å². The third-order valence-electron chi connectivity index (χ3n) is 2.16. The van der Waals surface area contributed by atoms with E-state index in [1.165, 1.54) is 6.07 Å². The summed E-state index contributed by atoms with van der Waals surface area (Å²) in [4.78, 5) is 0. The first-order chi connectivity index (χ1) is 7.31. The molecule has 0 radical (unpaired) electrons. The highest BCUT2D eigenvalue weighted by atomic mass is 79.9. The number of alkyl halides is 3. The van der Waals surface area contributed by atoms with E-state index in [1.807, 2.05) is 0 Å². The van der Waals surface area contributed by atoms with Gasteiger partial charge in [-0.25, -0.2) is 0 Å². The Bertz CT molecular complexity index is 373. The van der Waals surface area contributed by atoms with Crippen LogP contribution in [-0.2, 0) is 0 Å². The van der Waals surface area contributed by atoms with Crippen molar-refractivity contribution in [1.29, 1.82) is 0 Å². The molecule has 0 saturated heterocycles. The van der Waals surface area contributed by atoms with E-state index >= 15 is 0 Å². The fourth-order valence-electron chi connectivity index (χ4n) is 1.31. The summed E-state index contributed by atoms with van der Waals surface area (Å²) in [5, 5.41) is 9.59. The maximum atomic E-state index is 12.0. The Hall–Kier alpha value is -0.460. The fourth-order valence-corrected chi connectivity index (χ4v) is 1.69. The lowest BCUT2D eigenvalue weighted by Gasteiger charge is -2.15. The minimum atomic E-state index is -4.22. The highest BCUT2D eigenvalue weighted by Crippen LogP contribution is 2.34. The fraction of sp³-hybridized carbons (Fsp3) is 0.400. The lowest BCUT2D eigenvalue weighted by atomic mass is 10.0.